The van der Waals surface area contributed by atoms with Crippen LogP contribution >= 0.6 is 0 Å². The monoisotopic (exact) mass is 568 g/mol. The van der Waals surface area contributed by atoms with Crippen LogP contribution in [0.15, 0.2) is 63.4 Å². The number of allylic oxidation sites excluding steroid dienone is 1. The van der Waals surface area contributed by atoms with Crippen molar-refractivity contribution in [3.05, 3.63) is 59.7 Å². The molecule has 1 saturated heterocycles. The number of pyridine rings is 2. The van der Waals surface area contributed by atoms with Crippen molar-refractivity contribution in [3.8, 4) is 5.88 Å². The molecule has 0 aliphatic carbocycles. The molecular weight excluding hydrogens is 532 g/mol. The van der Waals surface area contributed by atoms with Crippen LogP contribution in [0.2, 0.25) is 0 Å². The number of likely N-dealkylation sites (N-methyl/N-ethyl adjacent to an activating group) is 1. The molecule has 0 aromatic carbocycles. The molecule has 2 N–H and O–H groups in total. The zero-order chi connectivity index (χ0) is 28.3. The van der Waals surface area contributed by atoms with Crippen molar-refractivity contribution in [1.29, 1.82) is 0 Å². The molecule has 2 aromatic rings. The lowest BCUT2D eigenvalue weighted by Crippen LogP contribution is -2.46. The van der Waals surface area contributed by atoms with Crippen LogP contribution in [0.1, 0.15) is 31.5 Å². The quantitative estimate of drug-likeness (QED) is 0.291. The van der Waals surface area contributed by atoms with Crippen LogP contribution in [0, 0.1) is 0 Å². The molecule has 0 saturated carbocycles. The van der Waals surface area contributed by atoms with E-state index in [-0.39, 0.29) is 24.0 Å². The van der Waals surface area contributed by atoms with Crippen LogP contribution < -0.4 is 15.5 Å². The number of methoxy groups -OCH3 is 1. The van der Waals surface area contributed by atoms with Crippen LogP contribution in [-0.4, -0.2) is 93.9 Å². The summed E-state index contributed by atoms with van der Waals surface area (Å²) < 4.78 is 26.4. The topological polar surface area (TPSA) is 134 Å². The minimum atomic E-state index is -1.43. The van der Waals surface area contributed by atoms with E-state index in [2.05, 4.69) is 37.6 Å². The van der Waals surface area contributed by atoms with Crippen molar-refractivity contribution in [2.45, 2.75) is 31.7 Å². The number of nitrogens with zero attached hydrogens (tertiary/aromatic N) is 6. The normalized spacial score (nSPS) is 19.4. The lowest BCUT2D eigenvalue weighted by atomic mass is 10.1. The molecule has 0 radical (unpaired) electrons. The maximum absolute atomic E-state index is 13.5. The summed E-state index contributed by atoms with van der Waals surface area (Å²) in [5, 5.41) is 7.13. The van der Waals surface area contributed by atoms with Crippen molar-refractivity contribution in [2.75, 3.05) is 53.0 Å². The number of rotatable bonds is 12. The van der Waals surface area contributed by atoms with Gasteiger partial charge in [0.15, 0.2) is 5.71 Å². The molecule has 1 fully saturated rings. The van der Waals surface area contributed by atoms with Crippen LogP contribution in [0.5, 0.6) is 5.88 Å². The molecule has 0 bridgehead atoms. The Kier molecular flexibility index (Phi) is 10.9. The third-order valence-electron chi connectivity index (χ3n) is 6.32. The molecule has 13 heteroatoms. The Morgan fingerprint density at radius 3 is 2.70 bits per heavy atom. The van der Waals surface area contributed by atoms with Gasteiger partial charge in [0, 0.05) is 45.7 Å². The van der Waals surface area contributed by atoms with Gasteiger partial charge in [-0.05, 0) is 31.2 Å². The number of carbonyl (C=O) groups excluding carboxylic acids is 1. The van der Waals surface area contributed by atoms with Gasteiger partial charge in [0.25, 0.3) is 5.91 Å². The number of nitrogens with one attached hydrogen (secondary N) is 2. The van der Waals surface area contributed by atoms with Crippen molar-refractivity contribution in [1.82, 2.24) is 29.9 Å². The second-order valence-electron chi connectivity index (χ2n) is 9.01. The van der Waals surface area contributed by atoms with Crippen LogP contribution in [0.25, 0.3) is 0 Å². The number of piperazine rings is 1. The first-order valence-electron chi connectivity index (χ1n) is 13.4. The fourth-order valence-electron chi connectivity index (χ4n) is 4.15. The van der Waals surface area contributed by atoms with Gasteiger partial charge in [-0.25, -0.2) is 18.5 Å². The second-order valence-corrected chi connectivity index (χ2v) is 10.5. The second kappa shape index (κ2) is 14.7. The zero-order valence-electron chi connectivity index (χ0n) is 23.1. The highest BCUT2D eigenvalue weighted by Crippen LogP contribution is 2.24. The maximum Gasteiger partial charge on any atom is 0.279 e. The summed E-state index contributed by atoms with van der Waals surface area (Å²) in [4.78, 5) is 29.5. The zero-order valence-corrected chi connectivity index (χ0v) is 23.9. The number of hydrazone groups is 1. The average Bonchev–Trinajstić information content (AvgIpc) is 2.99. The molecule has 1 unspecified atom stereocenters. The molecular formula is C27H36N8O4S. The van der Waals surface area contributed by atoms with Crippen molar-refractivity contribution in [2.24, 2.45) is 10.1 Å². The third kappa shape index (κ3) is 7.56. The Hall–Kier alpha value is -3.52. The molecule has 214 valence electrons. The standard InChI is InChI=1S/C27H36N8O4S/c1-4-8-23-24(33-30-18-20-9-6-7-10-28-20)26(36)32-25(31-23)22-17-21(19-29-27(22)39-16-15-38-3)40(37)35-13-11-34(5-2)12-14-35/h6-10,17,19,30H,4-5,11-16,18H2,1-3H3,(H,31,32,36)/b23-8-,33-24+. The van der Waals surface area contributed by atoms with Crippen molar-refractivity contribution in [3.63, 3.8) is 0 Å². The first-order valence-corrected chi connectivity index (χ1v) is 14.5. The van der Waals surface area contributed by atoms with Crippen molar-refractivity contribution < 1.29 is 18.5 Å². The molecule has 2 aromatic heterocycles. The first-order chi connectivity index (χ1) is 19.5. The van der Waals surface area contributed by atoms with E-state index in [0.717, 1.165) is 25.3 Å². The highest BCUT2D eigenvalue weighted by Gasteiger charge is 2.29. The molecule has 2 aliphatic rings. The highest BCUT2D eigenvalue weighted by molar-refractivity contribution is 7.82. The summed E-state index contributed by atoms with van der Waals surface area (Å²) in [6, 6.07) is 7.31. The fraction of sp³-hybridized carbons (Fsp3) is 0.444. The Labute approximate surface area is 237 Å². The van der Waals surface area contributed by atoms with Gasteiger partial charge in [-0.2, -0.15) is 5.10 Å². The number of hydrogen-bond donors (Lipinski definition) is 2. The van der Waals surface area contributed by atoms with E-state index in [0.29, 0.717) is 48.8 Å². The highest BCUT2D eigenvalue weighted by atomic mass is 32.2. The minimum absolute atomic E-state index is 0.157. The summed E-state index contributed by atoms with van der Waals surface area (Å²) >= 11 is 0. The van der Waals surface area contributed by atoms with Gasteiger partial charge >= 0.3 is 0 Å². The van der Waals surface area contributed by atoms with Gasteiger partial charge in [0.2, 0.25) is 5.88 Å². The predicted molar refractivity (Wildman–Crippen MR) is 153 cm³/mol. The molecule has 40 heavy (non-hydrogen) atoms. The summed E-state index contributed by atoms with van der Waals surface area (Å²) in [5.41, 5.74) is 4.71. The van der Waals surface area contributed by atoms with E-state index in [9.17, 15) is 9.00 Å². The van der Waals surface area contributed by atoms with E-state index in [4.69, 9.17) is 14.5 Å². The molecule has 4 heterocycles. The summed E-state index contributed by atoms with van der Waals surface area (Å²) in [7, 11) is 0.156. The Balaban J connectivity index is 1.62. The average molecular weight is 569 g/mol. The lowest BCUT2D eigenvalue weighted by Gasteiger charge is -2.32. The van der Waals surface area contributed by atoms with Crippen LogP contribution in [-0.2, 0) is 27.1 Å². The van der Waals surface area contributed by atoms with Crippen molar-refractivity contribution >= 4 is 28.4 Å². The number of aromatic nitrogens is 2. The molecule has 4 rings (SSSR count). The Morgan fingerprint density at radius 1 is 1.18 bits per heavy atom. The minimum Gasteiger partial charge on any atom is -0.475 e. The predicted octanol–water partition coefficient (Wildman–Crippen LogP) is 1.48. The number of amidine groups is 1. The van der Waals surface area contributed by atoms with E-state index in [1.165, 1.54) is 0 Å². The van der Waals surface area contributed by atoms with Gasteiger partial charge in [-0.1, -0.05) is 26.0 Å². The van der Waals surface area contributed by atoms with E-state index in [1.807, 2.05) is 35.5 Å². The van der Waals surface area contributed by atoms with Crippen LogP contribution in [0.3, 0.4) is 0 Å². The number of amides is 1. The van der Waals surface area contributed by atoms with Gasteiger partial charge in [0.1, 0.15) is 23.4 Å². The molecule has 2 aliphatic heterocycles. The van der Waals surface area contributed by atoms with E-state index in [1.54, 1.807) is 25.6 Å². The fourth-order valence-corrected chi connectivity index (χ4v) is 5.31. The molecule has 12 nitrogen and oxygen atoms in total. The number of hydrogen-bond acceptors (Lipinski definition) is 10. The third-order valence-corrected chi connectivity index (χ3v) is 7.78. The SMILES string of the molecule is CC/C=C1\N=C(c2cc(S(=O)N3CCN(CC)CC3)cnc2OCCOC)NC(=O)\C1=N\NCc1ccccn1. The maximum atomic E-state index is 13.5. The Bertz CT molecular complexity index is 1280. The Morgan fingerprint density at radius 2 is 2.00 bits per heavy atom. The molecule has 0 spiro atoms. The summed E-state index contributed by atoms with van der Waals surface area (Å²) in [5.74, 6) is 0.0865. The molecule has 1 atom stereocenters. The van der Waals surface area contributed by atoms with Gasteiger partial charge < -0.3 is 25.1 Å². The summed E-state index contributed by atoms with van der Waals surface area (Å²) in [6.45, 7) is 9.09. The van der Waals surface area contributed by atoms with E-state index >= 15 is 0 Å². The van der Waals surface area contributed by atoms with Gasteiger partial charge in [0.05, 0.1) is 35.0 Å². The van der Waals surface area contributed by atoms with Gasteiger partial charge in [-0.3, -0.25) is 9.78 Å². The largest absolute Gasteiger partial charge is 0.475 e. The van der Waals surface area contributed by atoms with Gasteiger partial charge in [-0.15, -0.1) is 0 Å². The molecule has 1 amide bonds. The smallest absolute Gasteiger partial charge is 0.279 e. The lowest BCUT2D eigenvalue weighted by molar-refractivity contribution is -0.113. The number of aliphatic imine (C=N–C) groups is 1. The first kappa shape index (κ1) is 29.5. The van der Waals surface area contributed by atoms with E-state index < -0.39 is 16.9 Å². The number of ether oxygens (including phenoxy) is 2. The number of carbonyl (C=O) groups is 1. The van der Waals surface area contributed by atoms with Crippen LogP contribution in [0.4, 0.5) is 0 Å². The summed E-state index contributed by atoms with van der Waals surface area (Å²) in [6.07, 6.45) is 5.72.